The molecule has 21 heteroatoms. The van der Waals surface area contributed by atoms with Crippen LogP contribution in [0.25, 0.3) is 16.6 Å². The first-order chi connectivity index (χ1) is 39.4. The maximum absolute atomic E-state index is 14.1. The van der Waals surface area contributed by atoms with Gasteiger partial charge in [-0.2, -0.15) is 0 Å². The monoisotopic (exact) mass is 1150 g/mol. The number of halogens is 1. The van der Waals surface area contributed by atoms with E-state index in [1.54, 1.807) is 30.5 Å². The smallest absolute Gasteiger partial charge is 0.293 e. The Hall–Kier alpha value is -8.09. The summed E-state index contributed by atoms with van der Waals surface area (Å²) >= 11 is 6.27. The molecule has 82 heavy (non-hydrogen) atoms. The maximum atomic E-state index is 14.1. The number of fused-ring (bicyclic) bond motifs is 2. The Morgan fingerprint density at radius 2 is 1.71 bits per heavy atom. The number of piperazine rings is 1. The molecular formula is C61H63ClN10O9S. The topological polar surface area (TPSA) is 233 Å². The van der Waals surface area contributed by atoms with Gasteiger partial charge in [-0.05, 0) is 140 Å². The number of nitro benzene ring substituents is 1. The van der Waals surface area contributed by atoms with E-state index in [2.05, 4.69) is 77.8 Å². The molecule has 0 radical (unpaired) electrons. The lowest BCUT2D eigenvalue weighted by atomic mass is 9.72. The van der Waals surface area contributed by atoms with E-state index >= 15 is 0 Å². The Bertz CT molecular complexity index is 3720. The van der Waals surface area contributed by atoms with Gasteiger partial charge in [-0.25, -0.2) is 18.1 Å². The van der Waals surface area contributed by atoms with Crippen molar-refractivity contribution >= 4 is 78.9 Å². The Labute approximate surface area is 480 Å². The lowest BCUT2D eigenvalue weighted by molar-refractivity contribution is -0.384. The van der Waals surface area contributed by atoms with E-state index in [0.717, 1.165) is 87.5 Å². The summed E-state index contributed by atoms with van der Waals surface area (Å²) in [4.78, 5) is 78.8. The van der Waals surface area contributed by atoms with Gasteiger partial charge >= 0.3 is 0 Å². The predicted octanol–water partition coefficient (Wildman–Crippen LogP) is 8.76. The van der Waals surface area contributed by atoms with Crippen LogP contribution in [0.15, 0.2) is 114 Å². The fourth-order valence-corrected chi connectivity index (χ4v) is 12.8. The number of aromatic amines is 1. The van der Waals surface area contributed by atoms with E-state index in [1.807, 2.05) is 30.3 Å². The van der Waals surface area contributed by atoms with Crippen LogP contribution in [0.1, 0.15) is 96.2 Å². The number of aromatic nitrogens is 2. The van der Waals surface area contributed by atoms with Gasteiger partial charge in [-0.15, -0.1) is 0 Å². The highest BCUT2D eigenvalue weighted by molar-refractivity contribution is 7.90. The SMILES string of the molecule is CC1(C)CCC(CN2CCN(c3ccc(C(=O)NS(=O)(=O)c4ccc(NCC5CCN(CC#Cc6ccc7c(c6)C(=O)N(C6CCC(=O)NC6=O)C7)CC5)c([N+](=O)[O-])c4)c(Oc4cnc5[nH]ccc5c4)c3)CC2)=C(c2ccc(Cl)cc2)C1. The van der Waals surface area contributed by atoms with Crippen LogP contribution in [-0.4, -0.2) is 127 Å². The van der Waals surface area contributed by atoms with Gasteiger partial charge in [0.2, 0.25) is 11.8 Å². The van der Waals surface area contributed by atoms with Crippen molar-refractivity contribution in [1.29, 1.82) is 0 Å². The molecule has 3 fully saturated rings. The number of ether oxygens (including phenoxy) is 1. The number of piperidine rings is 2. The molecule has 5 aliphatic rings. The number of pyridine rings is 1. The Balaban J connectivity index is 0.711. The van der Waals surface area contributed by atoms with Gasteiger partial charge in [0, 0.05) is 97.8 Å². The Morgan fingerprint density at radius 3 is 2.48 bits per heavy atom. The molecule has 1 aliphatic carbocycles. The van der Waals surface area contributed by atoms with Crippen LogP contribution in [0.3, 0.4) is 0 Å². The molecule has 0 saturated carbocycles. The number of sulfonamides is 1. The molecule has 6 heterocycles. The molecule has 4 aromatic carbocycles. The maximum Gasteiger partial charge on any atom is 0.293 e. The molecule has 2 aromatic heterocycles. The molecule has 4 amide bonds. The molecule has 1 unspecified atom stereocenters. The molecular weight excluding hydrogens is 1080 g/mol. The summed E-state index contributed by atoms with van der Waals surface area (Å²) in [7, 11) is -4.64. The summed E-state index contributed by atoms with van der Waals surface area (Å²) in [5, 5.41) is 19.4. The van der Waals surface area contributed by atoms with Gasteiger partial charge in [-0.3, -0.25) is 44.4 Å². The number of H-pyrrole nitrogens is 1. The van der Waals surface area contributed by atoms with Gasteiger partial charge in [0.05, 0.1) is 28.1 Å². The van der Waals surface area contributed by atoms with Crippen LogP contribution in [-0.2, 0) is 26.2 Å². The normalized spacial score (nSPS) is 18.9. The second-order valence-corrected chi connectivity index (χ2v) is 24.7. The number of rotatable bonds is 15. The van der Waals surface area contributed by atoms with Gasteiger partial charge in [0.25, 0.3) is 27.5 Å². The summed E-state index contributed by atoms with van der Waals surface area (Å²) in [5.74, 6) is 4.95. The van der Waals surface area contributed by atoms with Crippen LogP contribution in [0.2, 0.25) is 5.02 Å². The van der Waals surface area contributed by atoms with Crippen LogP contribution in [0, 0.1) is 33.3 Å². The summed E-state index contributed by atoms with van der Waals surface area (Å²) in [5.41, 5.74) is 7.33. The number of allylic oxidation sites excluding steroid dienone is 1. The number of nitrogens with zero attached hydrogens (tertiary/aromatic N) is 6. The molecule has 4 N–H and O–H groups in total. The number of benzene rings is 4. The predicted molar refractivity (Wildman–Crippen MR) is 312 cm³/mol. The number of nitro groups is 1. The highest BCUT2D eigenvalue weighted by Gasteiger charge is 2.39. The average molecular weight is 1150 g/mol. The Kier molecular flexibility index (Phi) is 15.9. The van der Waals surface area contributed by atoms with Crippen molar-refractivity contribution in [2.24, 2.45) is 11.3 Å². The zero-order chi connectivity index (χ0) is 57.3. The van der Waals surface area contributed by atoms with E-state index in [1.165, 1.54) is 46.0 Å². The highest BCUT2D eigenvalue weighted by atomic mass is 35.5. The van der Waals surface area contributed by atoms with E-state index in [4.69, 9.17) is 16.3 Å². The van der Waals surface area contributed by atoms with E-state index in [0.29, 0.717) is 66.7 Å². The quantitative estimate of drug-likeness (QED) is 0.0326. The number of anilines is 2. The van der Waals surface area contributed by atoms with Gasteiger partial charge in [0.1, 0.15) is 28.9 Å². The van der Waals surface area contributed by atoms with Crippen LogP contribution in [0.4, 0.5) is 17.1 Å². The molecule has 4 aliphatic heterocycles. The second kappa shape index (κ2) is 23.4. The summed E-state index contributed by atoms with van der Waals surface area (Å²) in [6.07, 6.45) is 8.47. The fraction of sp³-hybridized carbons (Fsp3) is 0.361. The van der Waals surface area contributed by atoms with Gasteiger partial charge in [-0.1, -0.05) is 61.1 Å². The van der Waals surface area contributed by atoms with Crippen molar-refractivity contribution < 1.29 is 37.3 Å². The van der Waals surface area contributed by atoms with Crippen LogP contribution < -0.4 is 25.0 Å². The number of likely N-dealkylation sites (tertiary alicyclic amines) is 1. The standard InChI is InChI=1S/C61H63ClN10O9S/c1-61(2)21-17-44(51(34-61)41-7-9-45(62)10-8-41)37-69-26-28-70(29-27-69)46-11-13-49(55(32-46)81-47-31-42-18-22-63-57(42)65-36-47)58(74)67-82(79,80)48-12-14-52(54(33-48)72(77)78)64-35-40-19-24-68(25-20-40)23-3-4-39-5-6-43-38-71(60(76)50(43)30-39)53-15-16-56(73)66-59(53)75/h5-14,18,22,30-33,36,40,53,64H,15-17,19-21,23-29,34-35,37-38H2,1-2H3,(H,63,65)(H,67,74)(H,66,73,75). The summed E-state index contributed by atoms with van der Waals surface area (Å²) < 4.78 is 36.4. The number of hydrogen-bond donors (Lipinski definition) is 4. The minimum Gasteiger partial charge on any atom is -0.455 e. The fourth-order valence-electron chi connectivity index (χ4n) is 11.7. The van der Waals surface area contributed by atoms with E-state index in [9.17, 15) is 37.7 Å². The van der Waals surface area contributed by atoms with Crippen molar-refractivity contribution in [2.75, 3.05) is 69.1 Å². The van der Waals surface area contributed by atoms with Crippen molar-refractivity contribution in [2.45, 2.75) is 76.3 Å². The number of hydrogen-bond acceptors (Lipinski definition) is 14. The van der Waals surface area contributed by atoms with Crippen molar-refractivity contribution in [3.63, 3.8) is 0 Å². The third-order valence-electron chi connectivity index (χ3n) is 16.4. The number of carbonyl (C=O) groups is 4. The first-order valence-electron chi connectivity index (χ1n) is 27.7. The Morgan fingerprint density at radius 1 is 0.915 bits per heavy atom. The molecule has 11 rings (SSSR count). The average Bonchev–Trinajstić information content (AvgIpc) is 4.09. The molecule has 19 nitrogen and oxygen atoms in total. The molecule has 1 atom stereocenters. The first kappa shape index (κ1) is 55.8. The molecule has 6 aromatic rings. The van der Waals surface area contributed by atoms with Crippen molar-refractivity contribution in [1.82, 2.24) is 34.7 Å². The molecule has 0 spiro atoms. The first-order valence-corrected chi connectivity index (χ1v) is 29.6. The summed E-state index contributed by atoms with van der Waals surface area (Å²) in [6.45, 7) is 11.2. The summed E-state index contributed by atoms with van der Waals surface area (Å²) in [6, 6.07) is 25.1. The van der Waals surface area contributed by atoms with Gasteiger partial charge in [0.15, 0.2) is 0 Å². The number of carbonyl (C=O) groups excluding carboxylic acids is 4. The molecule has 424 valence electrons. The highest BCUT2D eigenvalue weighted by Crippen LogP contribution is 2.44. The zero-order valence-electron chi connectivity index (χ0n) is 45.6. The lowest BCUT2D eigenvalue weighted by Gasteiger charge is -2.39. The minimum atomic E-state index is -4.64. The third-order valence-corrected chi connectivity index (χ3v) is 18.0. The minimum absolute atomic E-state index is 0.0637. The number of imide groups is 1. The van der Waals surface area contributed by atoms with Gasteiger partial charge < -0.3 is 24.8 Å². The zero-order valence-corrected chi connectivity index (χ0v) is 47.2. The van der Waals surface area contributed by atoms with E-state index < -0.39 is 43.4 Å². The second-order valence-electron chi connectivity index (χ2n) is 22.6. The lowest BCUT2D eigenvalue weighted by Crippen LogP contribution is -2.52. The number of nitrogens with one attached hydrogen (secondary N) is 4. The third kappa shape index (κ3) is 12.5. The van der Waals surface area contributed by atoms with Crippen molar-refractivity contribution in [3.8, 4) is 23.3 Å². The molecule has 0 bridgehead atoms. The molecule has 3 saturated heterocycles. The largest absolute Gasteiger partial charge is 0.455 e. The van der Waals surface area contributed by atoms with Crippen LogP contribution in [0.5, 0.6) is 11.5 Å². The number of amides is 4. The van der Waals surface area contributed by atoms with Crippen LogP contribution >= 0.6 is 11.6 Å². The van der Waals surface area contributed by atoms with Crippen molar-refractivity contribution in [3.05, 3.63) is 152 Å². The van der Waals surface area contributed by atoms with E-state index in [-0.39, 0.29) is 46.6 Å².